The molecule has 0 unspecified atom stereocenters. The molecule has 1 aromatic heterocycles. The van der Waals surface area contributed by atoms with Crippen molar-refractivity contribution in [3.8, 4) is 11.5 Å². The fourth-order valence-electron chi connectivity index (χ4n) is 1.61. The molecule has 0 saturated carbocycles. The number of hydrogen-bond acceptors (Lipinski definition) is 4. The number of anilines is 2. The molecule has 5 heteroatoms. The first-order chi connectivity index (χ1) is 8.33. The second kappa shape index (κ2) is 4.25. The smallest absolute Gasteiger partial charge is 0.231 e. The van der Waals surface area contributed by atoms with Crippen LogP contribution in [0.4, 0.5) is 11.4 Å². The van der Waals surface area contributed by atoms with Gasteiger partial charge in [-0.3, -0.25) is 4.98 Å². The predicted molar refractivity (Wildman–Crippen MR) is 67.8 cm³/mol. The minimum Gasteiger partial charge on any atom is -0.454 e. The molecule has 1 N–H and O–H groups in total. The molecule has 0 amide bonds. The van der Waals surface area contributed by atoms with Gasteiger partial charge < -0.3 is 14.8 Å². The van der Waals surface area contributed by atoms with Gasteiger partial charge in [-0.2, -0.15) is 0 Å². The molecular weight excluding hydrogens is 284 g/mol. The molecule has 0 atom stereocenters. The van der Waals surface area contributed by atoms with Crippen molar-refractivity contribution in [2.24, 2.45) is 0 Å². The van der Waals surface area contributed by atoms with Gasteiger partial charge in [0.25, 0.3) is 0 Å². The highest BCUT2D eigenvalue weighted by Crippen LogP contribution is 2.35. The van der Waals surface area contributed by atoms with Crippen molar-refractivity contribution in [3.05, 3.63) is 41.1 Å². The maximum atomic E-state index is 5.32. The van der Waals surface area contributed by atoms with Gasteiger partial charge in [0, 0.05) is 24.1 Å². The quantitative estimate of drug-likeness (QED) is 0.922. The molecule has 4 nitrogen and oxygen atoms in total. The Hall–Kier alpha value is -1.75. The molecule has 17 heavy (non-hydrogen) atoms. The zero-order chi connectivity index (χ0) is 11.7. The molecule has 86 valence electrons. The topological polar surface area (TPSA) is 43.4 Å². The highest BCUT2D eigenvalue weighted by atomic mass is 79.9. The molecule has 0 radical (unpaired) electrons. The Labute approximate surface area is 107 Å². The number of fused-ring (bicyclic) bond motifs is 1. The Balaban J connectivity index is 1.89. The number of hydrogen-bond donors (Lipinski definition) is 1. The van der Waals surface area contributed by atoms with Crippen LogP contribution in [0.2, 0.25) is 0 Å². The molecular formula is C12H9BrN2O2. The molecule has 0 bridgehead atoms. The van der Waals surface area contributed by atoms with Crippen LogP contribution in [0.15, 0.2) is 41.1 Å². The van der Waals surface area contributed by atoms with Gasteiger partial charge in [0.1, 0.15) is 0 Å². The van der Waals surface area contributed by atoms with Crippen LogP contribution in [0.3, 0.4) is 0 Å². The van der Waals surface area contributed by atoms with Crippen LogP contribution < -0.4 is 14.8 Å². The SMILES string of the molecule is Brc1cnccc1Nc1ccc2c(c1)OCO2. The first-order valence-electron chi connectivity index (χ1n) is 5.09. The second-order valence-electron chi connectivity index (χ2n) is 3.55. The summed E-state index contributed by atoms with van der Waals surface area (Å²) in [5.41, 5.74) is 1.90. The summed E-state index contributed by atoms with van der Waals surface area (Å²) in [6, 6.07) is 7.64. The Bertz CT molecular complexity index is 560. The minimum absolute atomic E-state index is 0.289. The number of rotatable bonds is 2. The Morgan fingerprint density at radius 3 is 2.94 bits per heavy atom. The molecule has 2 heterocycles. The number of pyridine rings is 1. The molecule has 2 aromatic rings. The number of nitrogens with one attached hydrogen (secondary N) is 1. The van der Waals surface area contributed by atoms with Gasteiger partial charge in [-0.05, 0) is 34.1 Å². The third-order valence-corrected chi connectivity index (χ3v) is 3.06. The Morgan fingerprint density at radius 2 is 2.06 bits per heavy atom. The number of benzene rings is 1. The van der Waals surface area contributed by atoms with Gasteiger partial charge in [-0.15, -0.1) is 0 Å². The van der Waals surface area contributed by atoms with E-state index >= 15 is 0 Å². The molecule has 0 saturated heterocycles. The third-order valence-electron chi connectivity index (χ3n) is 2.42. The average Bonchev–Trinajstić information content (AvgIpc) is 2.79. The molecule has 0 spiro atoms. The molecule has 1 aliphatic heterocycles. The summed E-state index contributed by atoms with van der Waals surface area (Å²) >= 11 is 3.44. The number of ether oxygens (including phenoxy) is 2. The lowest BCUT2D eigenvalue weighted by Gasteiger charge is -2.08. The van der Waals surface area contributed by atoms with Crippen molar-refractivity contribution in [3.63, 3.8) is 0 Å². The maximum absolute atomic E-state index is 5.32. The second-order valence-corrected chi connectivity index (χ2v) is 4.40. The van der Waals surface area contributed by atoms with E-state index in [4.69, 9.17) is 9.47 Å². The van der Waals surface area contributed by atoms with Crippen molar-refractivity contribution in [1.29, 1.82) is 0 Å². The van der Waals surface area contributed by atoms with Crippen molar-refractivity contribution in [2.45, 2.75) is 0 Å². The minimum atomic E-state index is 0.289. The van der Waals surface area contributed by atoms with Gasteiger partial charge in [0.15, 0.2) is 11.5 Å². The lowest BCUT2D eigenvalue weighted by Crippen LogP contribution is -1.93. The van der Waals surface area contributed by atoms with E-state index in [9.17, 15) is 0 Å². The normalized spacial score (nSPS) is 12.5. The lowest BCUT2D eigenvalue weighted by atomic mass is 10.2. The fourth-order valence-corrected chi connectivity index (χ4v) is 1.96. The fraction of sp³-hybridized carbons (Fsp3) is 0.0833. The van der Waals surface area contributed by atoms with E-state index in [0.29, 0.717) is 0 Å². The van der Waals surface area contributed by atoms with Crippen LogP contribution in [-0.4, -0.2) is 11.8 Å². The summed E-state index contributed by atoms with van der Waals surface area (Å²) in [5, 5.41) is 3.28. The largest absolute Gasteiger partial charge is 0.454 e. The predicted octanol–water partition coefficient (Wildman–Crippen LogP) is 3.32. The lowest BCUT2D eigenvalue weighted by molar-refractivity contribution is 0.174. The van der Waals surface area contributed by atoms with Crippen LogP contribution in [-0.2, 0) is 0 Å². The van der Waals surface area contributed by atoms with E-state index in [2.05, 4.69) is 26.2 Å². The maximum Gasteiger partial charge on any atom is 0.231 e. The van der Waals surface area contributed by atoms with E-state index in [1.54, 1.807) is 12.4 Å². The van der Waals surface area contributed by atoms with E-state index in [0.717, 1.165) is 27.3 Å². The molecule has 0 fully saturated rings. The van der Waals surface area contributed by atoms with Gasteiger partial charge in [0.2, 0.25) is 6.79 Å². The van der Waals surface area contributed by atoms with Gasteiger partial charge >= 0.3 is 0 Å². The average molecular weight is 293 g/mol. The van der Waals surface area contributed by atoms with Crippen LogP contribution in [0, 0.1) is 0 Å². The van der Waals surface area contributed by atoms with E-state index < -0.39 is 0 Å². The number of halogens is 1. The van der Waals surface area contributed by atoms with E-state index in [-0.39, 0.29) is 6.79 Å². The summed E-state index contributed by atoms with van der Waals surface area (Å²) in [6.07, 6.45) is 3.48. The van der Waals surface area contributed by atoms with Crippen molar-refractivity contribution >= 4 is 27.3 Å². The highest BCUT2D eigenvalue weighted by molar-refractivity contribution is 9.10. The number of nitrogens with zero attached hydrogens (tertiary/aromatic N) is 1. The van der Waals surface area contributed by atoms with Crippen molar-refractivity contribution in [1.82, 2.24) is 4.98 Å². The summed E-state index contributed by atoms with van der Waals surface area (Å²) in [7, 11) is 0. The van der Waals surface area contributed by atoms with Crippen LogP contribution in [0.25, 0.3) is 0 Å². The standard InChI is InChI=1S/C12H9BrN2O2/c13-9-6-14-4-3-10(9)15-8-1-2-11-12(5-8)17-7-16-11/h1-6H,7H2,(H,14,15). The van der Waals surface area contributed by atoms with Crippen molar-refractivity contribution < 1.29 is 9.47 Å². The van der Waals surface area contributed by atoms with E-state index in [1.807, 2.05) is 24.3 Å². The summed E-state index contributed by atoms with van der Waals surface area (Å²) < 4.78 is 11.5. The zero-order valence-electron chi connectivity index (χ0n) is 8.81. The first kappa shape index (κ1) is 10.4. The van der Waals surface area contributed by atoms with Crippen LogP contribution >= 0.6 is 15.9 Å². The number of aromatic nitrogens is 1. The molecule has 1 aliphatic rings. The third kappa shape index (κ3) is 2.06. The zero-order valence-corrected chi connectivity index (χ0v) is 10.4. The monoisotopic (exact) mass is 292 g/mol. The highest BCUT2D eigenvalue weighted by Gasteiger charge is 2.13. The van der Waals surface area contributed by atoms with Gasteiger partial charge in [-0.25, -0.2) is 0 Å². The van der Waals surface area contributed by atoms with Crippen LogP contribution in [0.1, 0.15) is 0 Å². The van der Waals surface area contributed by atoms with Crippen molar-refractivity contribution in [2.75, 3.05) is 12.1 Å². The van der Waals surface area contributed by atoms with Crippen LogP contribution in [0.5, 0.6) is 11.5 Å². The van der Waals surface area contributed by atoms with E-state index in [1.165, 1.54) is 0 Å². The molecule has 1 aromatic carbocycles. The molecule has 0 aliphatic carbocycles. The van der Waals surface area contributed by atoms with Gasteiger partial charge in [0.05, 0.1) is 10.2 Å². The molecule has 3 rings (SSSR count). The summed E-state index contributed by atoms with van der Waals surface area (Å²) in [4.78, 5) is 4.01. The first-order valence-corrected chi connectivity index (χ1v) is 5.88. The Kier molecular flexibility index (Phi) is 2.60. The van der Waals surface area contributed by atoms with Gasteiger partial charge in [-0.1, -0.05) is 0 Å². The Morgan fingerprint density at radius 1 is 1.18 bits per heavy atom. The summed E-state index contributed by atoms with van der Waals surface area (Å²) in [6.45, 7) is 0.289. The summed E-state index contributed by atoms with van der Waals surface area (Å²) in [5.74, 6) is 1.55.